The standard InChI is InChI=1S/C11H15NO3S2/c1-8-3-5-16-10(8)11(13)12(2)9-4-6-17(14,15)7-9/h3,5,9H,4,6-7H2,1-2H3/t9-/m1/s1. The molecule has 17 heavy (non-hydrogen) atoms. The van der Waals surface area contributed by atoms with Gasteiger partial charge in [0, 0.05) is 13.1 Å². The molecule has 0 aromatic carbocycles. The predicted octanol–water partition coefficient (Wildman–Crippen LogP) is 1.32. The van der Waals surface area contributed by atoms with Crippen LogP contribution in [0.5, 0.6) is 0 Å². The Bertz CT molecular complexity index is 533. The number of carbonyl (C=O) groups is 1. The molecule has 0 unspecified atom stereocenters. The van der Waals surface area contributed by atoms with Crippen molar-refractivity contribution in [1.82, 2.24) is 4.90 Å². The maximum Gasteiger partial charge on any atom is 0.264 e. The zero-order valence-electron chi connectivity index (χ0n) is 9.84. The van der Waals surface area contributed by atoms with Crippen molar-refractivity contribution in [1.29, 1.82) is 0 Å². The number of aryl methyl sites for hydroxylation is 1. The summed E-state index contributed by atoms with van der Waals surface area (Å²) >= 11 is 1.40. The predicted molar refractivity (Wildman–Crippen MR) is 68.2 cm³/mol. The first-order valence-electron chi connectivity index (χ1n) is 5.42. The molecule has 1 aliphatic heterocycles. The molecular formula is C11H15NO3S2. The second-order valence-corrected chi connectivity index (χ2v) is 7.55. The van der Waals surface area contributed by atoms with Gasteiger partial charge in [-0.05, 0) is 30.4 Å². The second kappa shape index (κ2) is 4.42. The van der Waals surface area contributed by atoms with Crippen molar-refractivity contribution in [3.8, 4) is 0 Å². The van der Waals surface area contributed by atoms with E-state index in [2.05, 4.69) is 0 Å². The van der Waals surface area contributed by atoms with Crippen molar-refractivity contribution >= 4 is 27.1 Å². The van der Waals surface area contributed by atoms with Gasteiger partial charge in [-0.2, -0.15) is 0 Å². The van der Waals surface area contributed by atoms with E-state index in [1.807, 2.05) is 18.4 Å². The molecule has 1 aliphatic rings. The van der Waals surface area contributed by atoms with Crippen molar-refractivity contribution in [3.05, 3.63) is 21.9 Å². The van der Waals surface area contributed by atoms with Gasteiger partial charge in [0.2, 0.25) is 0 Å². The molecule has 1 aromatic heterocycles. The number of hydrogen-bond donors (Lipinski definition) is 0. The fraction of sp³-hybridized carbons (Fsp3) is 0.545. The minimum Gasteiger partial charge on any atom is -0.337 e. The number of carbonyl (C=O) groups excluding carboxylic acids is 1. The van der Waals surface area contributed by atoms with Gasteiger partial charge in [0.25, 0.3) is 5.91 Å². The highest BCUT2D eigenvalue weighted by Crippen LogP contribution is 2.22. The SMILES string of the molecule is Cc1ccsc1C(=O)N(C)[C@@H]1CCS(=O)(=O)C1. The third kappa shape index (κ3) is 2.52. The minimum absolute atomic E-state index is 0.0698. The summed E-state index contributed by atoms with van der Waals surface area (Å²) in [5, 5.41) is 1.88. The molecule has 4 nitrogen and oxygen atoms in total. The zero-order chi connectivity index (χ0) is 12.6. The van der Waals surface area contributed by atoms with Gasteiger partial charge in [0.1, 0.15) is 0 Å². The number of rotatable bonds is 2. The van der Waals surface area contributed by atoms with E-state index in [-0.39, 0.29) is 23.5 Å². The molecule has 0 saturated carbocycles. The molecule has 6 heteroatoms. The second-order valence-electron chi connectivity index (χ2n) is 4.41. The highest BCUT2D eigenvalue weighted by atomic mass is 32.2. The van der Waals surface area contributed by atoms with Crippen molar-refractivity contribution in [3.63, 3.8) is 0 Å². The molecule has 0 aliphatic carbocycles. The molecule has 1 saturated heterocycles. The number of nitrogens with zero attached hydrogens (tertiary/aromatic N) is 1. The minimum atomic E-state index is -2.94. The van der Waals surface area contributed by atoms with Gasteiger partial charge in [-0.1, -0.05) is 0 Å². The summed E-state index contributed by atoms with van der Waals surface area (Å²) in [6, 6.07) is 1.73. The lowest BCUT2D eigenvalue weighted by molar-refractivity contribution is 0.0752. The number of hydrogen-bond acceptors (Lipinski definition) is 4. The Balaban J connectivity index is 2.14. The molecule has 0 radical (unpaired) electrons. The van der Waals surface area contributed by atoms with Crippen LogP contribution in [0.25, 0.3) is 0 Å². The average molecular weight is 273 g/mol. The topological polar surface area (TPSA) is 54.5 Å². The van der Waals surface area contributed by atoms with Crippen molar-refractivity contribution < 1.29 is 13.2 Å². The van der Waals surface area contributed by atoms with E-state index in [4.69, 9.17) is 0 Å². The lowest BCUT2D eigenvalue weighted by Crippen LogP contribution is -2.37. The third-order valence-corrected chi connectivity index (χ3v) is 5.89. The largest absolute Gasteiger partial charge is 0.337 e. The molecule has 1 amide bonds. The molecule has 1 fully saturated rings. The Morgan fingerprint density at radius 2 is 2.24 bits per heavy atom. The van der Waals surface area contributed by atoms with E-state index < -0.39 is 9.84 Å². The van der Waals surface area contributed by atoms with Crippen LogP contribution in [-0.4, -0.2) is 43.8 Å². The maximum atomic E-state index is 12.2. The van der Waals surface area contributed by atoms with Gasteiger partial charge in [0.05, 0.1) is 16.4 Å². The first-order chi connectivity index (χ1) is 7.91. The fourth-order valence-corrected chi connectivity index (χ4v) is 4.68. The quantitative estimate of drug-likeness (QED) is 0.816. The smallest absolute Gasteiger partial charge is 0.264 e. The van der Waals surface area contributed by atoms with Crippen LogP contribution in [0.4, 0.5) is 0 Å². The Hall–Kier alpha value is -0.880. The Morgan fingerprint density at radius 1 is 1.53 bits per heavy atom. The Labute approximate surface area is 105 Å². The molecule has 0 spiro atoms. The van der Waals surface area contributed by atoms with Gasteiger partial charge >= 0.3 is 0 Å². The van der Waals surface area contributed by atoms with Crippen LogP contribution in [0.15, 0.2) is 11.4 Å². The first-order valence-corrected chi connectivity index (χ1v) is 8.12. The molecule has 2 rings (SSSR count). The summed E-state index contributed by atoms with van der Waals surface area (Å²) < 4.78 is 22.8. The molecular weight excluding hydrogens is 258 g/mol. The summed E-state index contributed by atoms with van der Waals surface area (Å²) in [5.41, 5.74) is 0.952. The summed E-state index contributed by atoms with van der Waals surface area (Å²) in [7, 11) is -1.26. The van der Waals surface area contributed by atoms with Crippen molar-refractivity contribution in [2.75, 3.05) is 18.6 Å². The Morgan fingerprint density at radius 3 is 2.71 bits per heavy atom. The van der Waals surface area contributed by atoms with Crippen LogP contribution in [0.3, 0.4) is 0 Å². The van der Waals surface area contributed by atoms with E-state index in [9.17, 15) is 13.2 Å². The van der Waals surface area contributed by atoms with Crippen LogP contribution >= 0.6 is 11.3 Å². The fourth-order valence-electron chi connectivity index (χ4n) is 2.00. The highest BCUT2D eigenvalue weighted by molar-refractivity contribution is 7.91. The summed E-state index contributed by atoms with van der Waals surface area (Å²) in [6.07, 6.45) is 0.551. The normalized spacial score (nSPS) is 22.6. The number of thiophene rings is 1. The monoisotopic (exact) mass is 273 g/mol. The molecule has 2 heterocycles. The van der Waals surface area contributed by atoms with E-state index in [0.717, 1.165) is 5.56 Å². The molecule has 1 aromatic rings. The lowest BCUT2D eigenvalue weighted by Gasteiger charge is -2.23. The van der Waals surface area contributed by atoms with Crippen LogP contribution in [-0.2, 0) is 9.84 Å². The van der Waals surface area contributed by atoms with Crippen LogP contribution < -0.4 is 0 Å². The summed E-state index contributed by atoms with van der Waals surface area (Å²) in [6.45, 7) is 1.89. The van der Waals surface area contributed by atoms with Crippen molar-refractivity contribution in [2.24, 2.45) is 0 Å². The van der Waals surface area contributed by atoms with Gasteiger partial charge in [0.15, 0.2) is 9.84 Å². The summed E-state index contributed by atoms with van der Waals surface area (Å²) in [4.78, 5) is 14.4. The average Bonchev–Trinajstić information content (AvgIpc) is 2.82. The van der Waals surface area contributed by atoms with Crippen molar-refractivity contribution in [2.45, 2.75) is 19.4 Å². The van der Waals surface area contributed by atoms with Gasteiger partial charge in [-0.3, -0.25) is 4.79 Å². The Kier molecular flexibility index (Phi) is 3.27. The van der Waals surface area contributed by atoms with Gasteiger partial charge in [-0.25, -0.2) is 8.42 Å². The molecule has 0 bridgehead atoms. The maximum absolute atomic E-state index is 12.2. The van der Waals surface area contributed by atoms with Gasteiger partial charge in [-0.15, -0.1) is 11.3 Å². The number of amides is 1. The van der Waals surface area contributed by atoms with Crippen LogP contribution in [0.1, 0.15) is 21.7 Å². The van der Waals surface area contributed by atoms with E-state index in [0.29, 0.717) is 11.3 Å². The third-order valence-electron chi connectivity index (χ3n) is 3.13. The zero-order valence-corrected chi connectivity index (χ0v) is 11.5. The van der Waals surface area contributed by atoms with E-state index in [1.165, 1.54) is 11.3 Å². The molecule has 1 atom stereocenters. The van der Waals surface area contributed by atoms with E-state index >= 15 is 0 Å². The molecule has 94 valence electrons. The number of sulfone groups is 1. The lowest BCUT2D eigenvalue weighted by atomic mass is 10.2. The van der Waals surface area contributed by atoms with Crippen LogP contribution in [0, 0.1) is 6.92 Å². The molecule has 0 N–H and O–H groups in total. The first kappa shape index (κ1) is 12.6. The van der Waals surface area contributed by atoms with Gasteiger partial charge < -0.3 is 4.90 Å². The highest BCUT2D eigenvalue weighted by Gasteiger charge is 2.33. The van der Waals surface area contributed by atoms with Crippen LogP contribution in [0.2, 0.25) is 0 Å². The van der Waals surface area contributed by atoms with E-state index in [1.54, 1.807) is 11.9 Å². The summed E-state index contributed by atoms with van der Waals surface area (Å²) in [5.74, 6) is 0.220.